The second kappa shape index (κ2) is 3.69. The predicted octanol–water partition coefficient (Wildman–Crippen LogP) is 0.842. The van der Waals surface area contributed by atoms with Crippen LogP contribution in [0.25, 0.3) is 0 Å². The molecule has 0 unspecified atom stereocenters. The Kier molecular flexibility index (Phi) is 2.83. The van der Waals surface area contributed by atoms with Crippen molar-refractivity contribution in [1.29, 1.82) is 0 Å². The molecule has 1 aromatic carbocycles. The fourth-order valence-corrected chi connectivity index (χ4v) is 1.68. The maximum absolute atomic E-state index is 11.0. The molecular formula is C8H10NO2S. The third kappa shape index (κ3) is 2.64. The highest BCUT2D eigenvalue weighted by Crippen LogP contribution is 2.04. The average molecular weight is 184 g/mol. The molecule has 1 rings (SSSR count). The highest BCUT2D eigenvalue weighted by molar-refractivity contribution is 7.90. The van der Waals surface area contributed by atoms with Crippen LogP contribution >= 0.6 is 0 Å². The van der Waals surface area contributed by atoms with Crippen molar-refractivity contribution in [3.8, 4) is 0 Å². The predicted molar refractivity (Wildman–Crippen MR) is 47.0 cm³/mol. The molecule has 12 heavy (non-hydrogen) atoms. The van der Waals surface area contributed by atoms with Gasteiger partial charge in [-0.15, -0.1) is 0 Å². The van der Waals surface area contributed by atoms with E-state index in [-0.39, 0.29) is 5.75 Å². The first-order chi connectivity index (χ1) is 5.64. The smallest absolute Gasteiger partial charge is 0.168 e. The van der Waals surface area contributed by atoms with Crippen molar-refractivity contribution >= 4 is 9.84 Å². The summed E-state index contributed by atoms with van der Waals surface area (Å²) in [6.45, 7) is 0. The summed E-state index contributed by atoms with van der Waals surface area (Å²) in [6.07, 6.45) is 0. The van der Waals surface area contributed by atoms with E-state index < -0.39 is 15.7 Å². The molecule has 0 aliphatic carbocycles. The summed E-state index contributed by atoms with van der Waals surface area (Å²) in [4.78, 5) is 0. The largest absolute Gasteiger partial charge is 0.242 e. The van der Waals surface area contributed by atoms with Crippen LogP contribution in [0.2, 0.25) is 0 Å². The topological polar surface area (TPSA) is 57.9 Å². The minimum absolute atomic E-state index is 0.0304. The molecule has 0 fully saturated rings. The Labute approximate surface area is 72.1 Å². The molecule has 0 heterocycles. The van der Waals surface area contributed by atoms with Gasteiger partial charge in [0.15, 0.2) is 9.84 Å². The SMILES string of the molecule is [NH]CS(=O)(=O)Cc1ccccc1. The van der Waals surface area contributed by atoms with Crippen LogP contribution in [0.5, 0.6) is 0 Å². The van der Waals surface area contributed by atoms with Crippen LogP contribution in [-0.4, -0.2) is 14.3 Å². The van der Waals surface area contributed by atoms with E-state index in [2.05, 4.69) is 0 Å². The number of sulfone groups is 1. The van der Waals surface area contributed by atoms with Crippen LogP contribution < -0.4 is 5.73 Å². The normalized spacial score (nSPS) is 11.4. The minimum atomic E-state index is -3.21. The summed E-state index contributed by atoms with van der Waals surface area (Å²) in [7, 11) is -3.21. The van der Waals surface area contributed by atoms with Crippen molar-refractivity contribution in [3.05, 3.63) is 35.9 Å². The number of hydrogen-bond acceptors (Lipinski definition) is 2. The Hall–Kier alpha value is -0.870. The Morgan fingerprint density at radius 3 is 2.25 bits per heavy atom. The highest BCUT2D eigenvalue weighted by atomic mass is 32.2. The van der Waals surface area contributed by atoms with Gasteiger partial charge in [0.05, 0.1) is 5.75 Å². The number of rotatable bonds is 3. The first-order valence-electron chi connectivity index (χ1n) is 3.53. The molecule has 1 aromatic rings. The maximum atomic E-state index is 11.0. The maximum Gasteiger partial charge on any atom is 0.168 e. The zero-order chi connectivity index (χ0) is 9.03. The summed E-state index contributed by atoms with van der Waals surface area (Å²) in [5.74, 6) is -0.570. The number of benzene rings is 1. The summed E-state index contributed by atoms with van der Waals surface area (Å²) in [5, 5.41) is 0. The van der Waals surface area contributed by atoms with E-state index in [1.54, 1.807) is 24.3 Å². The minimum Gasteiger partial charge on any atom is -0.242 e. The monoisotopic (exact) mass is 184 g/mol. The summed E-state index contributed by atoms with van der Waals surface area (Å²) in [6, 6.07) is 8.89. The van der Waals surface area contributed by atoms with Crippen LogP contribution in [0.15, 0.2) is 30.3 Å². The zero-order valence-corrected chi connectivity index (χ0v) is 7.34. The lowest BCUT2D eigenvalue weighted by Gasteiger charge is -1.99. The first-order valence-corrected chi connectivity index (χ1v) is 5.35. The molecule has 0 spiro atoms. The van der Waals surface area contributed by atoms with Gasteiger partial charge in [0.1, 0.15) is 5.88 Å². The van der Waals surface area contributed by atoms with E-state index in [0.29, 0.717) is 0 Å². The van der Waals surface area contributed by atoms with Crippen molar-refractivity contribution < 1.29 is 8.42 Å². The van der Waals surface area contributed by atoms with Gasteiger partial charge in [-0.05, 0) is 5.56 Å². The van der Waals surface area contributed by atoms with Gasteiger partial charge in [0.2, 0.25) is 0 Å². The van der Waals surface area contributed by atoms with Crippen molar-refractivity contribution in [2.24, 2.45) is 0 Å². The molecule has 4 heteroatoms. The van der Waals surface area contributed by atoms with E-state index in [0.717, 1.165) is 5.56 Å². The van der Waals surface area contributed by atoms with E-state index in [1.807, 2.05) is 6.07 Å². The summed E-state index contributed by atoms with van der Waals surface area (Å²) < 4.78 is 22.0. The third-order valence-electron chi connectivity index (χ3n) is 1.45. The Morgan fingerprint density at radius 1 is 1.17 bits per heavy atom. The molecular weight excluding hydrogens is 174 g/mol. The fraction of sp³-hybridized carbons (Fsp3) is 0.250. The molecule has 0 aliphatic heterocycles. The molecule has 0 saturated heterocycles. The lowest BCUT2D eigenvalue weighted by atomic mass is 10.2. The molecule has 0 bridgehead atoms. The van der Waals surface area contributed by atoms with Gasteiger partial charge >= 0.3 is 0 Å². The van der Waals surface area contributed by atoms with Gasteiger partial charge in [0, 0.05) is 0 Å². The second-order valence-electron chi connectivity index (χ2n) is 2.52. The lowest BCUT2D eigenvalue weighted by molar-refractivity contribution is 0.595. The van der Waals surface area contributed by atoms with Crippen LogP contribution in [0.1, 0.15) is 5.56 Å². The molecule has 1 radical (unpaired) electrons. The molecule has 65 valence electrons. The Balaban J connectivity index is 2.78. The lowest BCUT2D eigenvalue weighted by Crippen LogP contribution is -2.09. The van der Waals surface area contributed by atoms with Gasteiger partial charge in [-0.1, -0.05) is 30.3 Å². The summed E-state index contributed by atoms with van der Waals surface area (Å²) in [5.41, 5.74) is 7.51. The van der Waals surface area contributed by atoms with E-state index in [4.69, 9.17) is 5.73 Å². The van der Waals surface area contributed by atoms with Crippen LogP contribution in [-0.2, 0) is 15.6 Å². The zero-order valence-electron chi connectivity index (χ0n) is 6.53. The Bertz CT molecular complexity index is 331. The van der Waals surface area contributed by atoms with Gasteiger partial charge < -0.3 is 0 Å². The van der Waals surface area contributed by atoms with Crippen molar-refractivity contribution in [2.45, 2.75) is 5.75 Å². The van der Waals surface area contributed by atoms with Crippen LogP contribution in [0.4, 0.5) is 0 Å². The van der Waals surface area contributed by atoms with E-state index in [1.165, 1.54) is 0 Å². The van der Waals surface area contributed by atoms with Crippen molar-refractivity contribution in [2.75, 3.05) is 5.88 Å². The molecule has 0 amide bonds. The first kappa shape index (κ1) is 9.22. The quantitative estimate of drug-likeness (QED) is 0.699. The molecule has 0 aromatic heterocycles. The van der Waals surface area contributed by atoms with Crippen molar-refractivity contribution in [1.82, 2.24) is 5.73 Å². The van der Waals surface area contributed by atoms with Gasteiger partial charge in [-0.25, -0.2) is 14.2 Å². The molecule has 0 atom stereocenters. The van der Waals surface area contributed by atoms with E-state index >= 15 is 0 Å². The highest BCUT2D eigenvalue weighted by Gasteiger charge is 2.08. The molecule has 0 aliphatic rings. The van der Waals surface area contributed by atoms with Gasteiger partial charge in [-0.2, -0.15) is 0 Å². The number of hydrogen-bond donors (Lipinski definition) is 0. The number of nitrogens with one attached hydrogen (secondary N) is 1. The Morgan fingerprint density at radius 2 is 1.75 bits per heavy atom. The van der Waals surface area contributed by atoms with E-state index in [9.17, 15) is 8.42 Å². The fourth-order valence-electron chi connectivity index (χ4n) is 0.879. The second-order valence-corrected chi connectivity index (χ2v) is 4.58. The van der Waals surface area contributed by atoms with Crippen LogP contribution in [0, 0.1) is 0 Å². The molecule has 3 nitrogen and oxygen atoms in total. The van der Waals surface area contributed by atoms with Crippen molar-refractivity contribution in [3.63, 3.8) is 0 Å². The third-order valence-corrected chi connectivity index (χ3v) is 2.66. The molecule has 1 N–H and O–H groups in total. The average Bonchev–Trinajstić information content (AvgIpc) is 2.06. The van der Waals surface area contributed by atoms with Crippen LogP contribution in [0.3, 0.4) is 0 Å². The van der Waals surface area contributed by atoms with Gasteiger partial charge in [-0.3, -0.25) is 0 Å². The summed E-state index contributed by atoms with van der Waals surface area (Å²) >= 11 is 0. The van der Waals surface area contributed by atoms with Gasteiger partial charge in [0.25, 0.3) is 0 Å². The molecule has 0 saturated carbocycles. The standard InChI is InChI=1S/C8H10NO2S/c9-7-12(10,11)6-8-4-2-1-3-5-8/h1-5,9H,6-7H2.